The van der Waals surface area contributed by atoms with Crippen molar-refractivity contribution in [1.29, 1.82) is 0 Å². The molecule has 0 saturated carbocycles. The molecule has 0 fully saturated rings. The Balaban J connectivity index is 2.54. The second kappa shape index (κ2) is 8.29. The number of hydrogen-bond donors (Lipinski definition) is 0. The molecule has 1 aromatic rings. The predicted octanol–water partition coefficient (Wildman–Crippen LogP) is 0.778. The molecule has 0 aromatic carbocycles. The minimum Gasteiger partial charge on any atom is -0.466 e. The van der Waals surface area contributed by atoms with Gasteiger partial charge in [0.15, 0.2) is 0 Å². The van der Waals surface area contributed by atoms with Gasteiger partial charge in [-0.05, 0) is 20.3 Å². The normalized spacial score (nSPS) is 10.3. The molecule has 0 N–H and O–H groups in total. The number of aryl methyl sites for hydroxylation is 1. The molecule has 7 heteroatoms. The fraction of sp³-hybridized carbons (Fsp3) is 0.692. The van der Waals surface area contributed by atoms with Crippen molar-refractivity contribution < 1.29 is 14.3 Å². The van der Waals surface area contributed by atoms with Gasteiger partial charge < -0.3 is 9.64 Å². The predicted molar refractivity (Wildman–Crippen MR) is 72.9 cm³/mol. The zero-order valence-electron chi connectivity index (χ0n) is 12.3. The van der Waals surface area contributed by atoms with Crippen molar-refractivity contribution in [1.82, 2.24) is 19.9 Å². The lowest BCUT2D eigenvalue weighted by Gasteiger charge is -2.21. The fourth-order valence-corrected chi connectivity index (χ4v) is 1.78. The molecular formula is C13H22N4O3. The Hall–Kier alpha value is -1.92. The number of rotatable bonds is 8. The maximum absolute atomic E-state index is 12.2. The smallest absolute Gasteiger partial charge is 0.307 e. The van der Waals surface area contributed by atoms with Crippen LogP contribution in [0.2, 0.25) is 0 Å². The minimum atomic E-state index is -0.279. The van der Waals surface area contributed by atoms with E-state index in [1.807, 2.05) is 13.8 Å². The summed E-state index contributed by atoms with van der Waals surface area (Å²) in [6, 6.07) is 0. The zero-order chi connectivity index (χ0) is 15.0. The van der Waals surface area contributed by atoms with Gasteiger partial charge in [-0.15, -0.1) is 5.10 Å². The average Bonchev–Trinajstić information content (AvgIpc) is 2.80. The van der Waals surface area contributed by atoms with Gasteiger partial charge >= 0.3 is 5.97 Å². The van der Waals surface area contributed by atoms with E-state index >= 15 is 0 Å². The first kappa shape index (κ1) is 16.1. The summed E-state index contributed by atoms with van der Waals surface area (Å²) in [5, 5.41) is 7.60. The zero-order valence-corrected chi connectivity index (χ0v) is 12.3. The lowest BCUT2D eigenvalue weighted by Crippen LogP contribution is -2.36. The van der Waals surface area contributed by atoms with Gasteiger partial charge in [-0.2, -0.15) is 0 Å². The number of aromatic nitrogens is 3. The monoisotopic (exact) mass is 282 g/mol. The molecule has 1 amide bonds. The minimum absolute atomic E-state index is 0.0650. The number of amides is 1. The van der Waals surface area contributed by atoms with Crippen LogP contribution in [0.5, 0.6) is 0 Å². The summed E-state index contributed by atoms with van der Waals surface area (Å²) in [5.74, 6) is -0.344. The SMILES string of the molecule is CCCN(CCC(=O)OCC)C(=O)Cn1nncc1C. The molecular weight excluding hydrogens is 260 g/mol. The van der Waals surface area contributed by atoms with Gasteiger partial charge in [-0.3, -0.25) is 9.59 Å². The maximum Gasteiger partial charge on any atom is 0.307 e. The lowest BCUT2D eigenvalue weighted by atomic mass is 10.3. The molecule has 1 rings (SSSR count). The van der Waals surface area contributed by atoms with Crippen LogP contribution in [0.4, 0.5) is 0 Å². The van der Waals surface area contributed by atoms with Crippen molar-refractivity contribution in [3.05, 3.63) is 11.9 Å². The Morgan fingerprint density at radius 2 is 2.10 bits per heavy atom. The molecule has 1 aromatic heterocycles. The van der Waals surface area contributed by atoms with Gasteiger partial charge in [0.1, 0.15) is 6.54 Å². The van der Waals surface area contributed by atoms with E-state index in [1.54, 1.807) is 22.7 Å². The van der Waals surface area contributed by atoms with E-state index in [0.29, 0.717) is 19.7 Å². The van der Waals surface area contributed by atoms with E-state index in [1.165, 1.54) is 0 Å². The van der Waals surface area contributed by atoms with Gasteiger partial charge in [0, 0.05) is 13.1 Å². The molecule has 0 aliphatic heterocycles. The Labute approximate surface area is 118 Å². The highest BCUT2D eigenvalue weighted by molar-refractivity contribution is 5.77. The van der Waals surface area contributed by atoms with E-state index in [2.05, 4.69) is 10.3 Å². The summed E-state index contributed by atoms with van der Waals surface area (Å²) in [6.45, 7) is 7.10. The third-order valence-electron chi connectivity index (χ3n) is 2.83. The largest absolute Gasteiger partial charge is 0.466 e. The number of hydrogen-bond acceptors (Lipinski definition) is 5. The highest BCUT2D eigenvalue weighted by Crippen LogP contribution is 2.01. The van der Waals surface area contributed by atoms with Crippen LogP contribution < -0.4 is 0 Å². The van der Waals surface area contributed by atoms with Crippen LogP contribution in [0.15, 0.2) is 6.20 Å². The number of esters is 1. The molecule has 0 radical (unpaired) electrons. The molecule has 0 aliphatic rings. The molecule has 7 nitrogen and oxygen atoms in total. The standard InChI is InChI=1S/C13H22N4O3/c1-4-7-16(8-6-13(19)20-5-2)12(18)10-17-11(3)9-14-15-17/h9H,4-8,10H2,1-3H3. The van der Waals surface area contributed by atoms with Crippen molar-refractivity contribution in [2.45, 2.75) is 40.2 Å². The van der Waals surface area contributed by atoms with Crippen LogP contribution in [0.1, 0.15) is 32.4 Å². The third-order valence-corrected chi connectivity index (χ3v) is 2.83. The molecule has 0 atom stereocenters. The second-order valence-corrected chi connectivity index (χ2v) is 4.47. The number of ether oxygens (including phenoxy) is 1. The van der Waals surface area contributed by atoms with Crippen LogP contribution in [-0.2, 0) is 20.9 Å². The van der Waals surface area contributed by atoms with Crippen LogP contribution in [0.25, 0.3) is 0 Å². The molecule has 20 heavy (non-hydrogen) atoms. The molecule has 112 valence electrons. The average molecular weight is 282 g/mol. The van der Waals surface area contributed by atoms with Crippen molar-refractivity contribution in [2.75, 3.05) is 19.7 Å². The quantitative estimate of drug-likeness (QED) is 0.658. The topological polar surface area (TPSA) is 77.3 Å². The van der Waals surface area contributed by atoms with Gasteiger partial charge in [0.05, 0.1) is 24.9 Å². The van der Waals surface area contributed by atoms with Crippen LogP contribution >= 0.6 is 0 Å². The van der Waals surface area contributed by atoms with Crippen molar-refractivity contribution in [3.8, 4) is 0 Å². The number of carbonyl (C=O) groups is 2. The Kier molecular flexibility index (Phi) is 6.69. The number of nitrogens with zero attached hydrogens (tertiary/aromatic N) is 4. The van der Waals surface area contributed by atoms with E-state index in [4.69, 9.17) is 4.74 Å². The molecule has 0 spiro atoms. The van der Waals surface area contributed by atoms with Crippen LogP contribution in [0.3, 0.4) is 0 Å². The van der Waals surface area contributed by atoms with E-state index in [-0.39, 0.29) is 24.8 Å². The summed E-state index contributed by atoms with van der Waals surface area (Å²) in [4.78, 5) is 25.2. The van der Waals surface area contributed by atoms with Crippen molar-refractivity contribution in [3.63, 3.8) is 0 Å². The van der Waals surface area contributed by atoms with Gasteiger partial charge in [-0.25, -0.2) is 4.68 Å². The molecule has 0 unspecified atom stereocenters. The van der Waals surface area contributed by atoms with E-state index in [0.717, 1.165) is 12.1 Å². The summed E-state index contributed by atoms with van der Waals surface area (Å²) in [6.07, 6.45) is 2.66. The maximum atomic E-state index is 12.2. The Morgan fingerprint density at radius 1 is 1.35 bits per heavy atom. The first-order chi connectivity index (χ1) is 9.58. The molecule has 1 heterocycles. The van der Waals surface area contributed by atoms with Crippen LogP contribution in [0, 0.1) is 6.92 Å². The first-order valence-electron chi connectivity index (χ1n) is 6.87. The van der Waals surface area contributed by atoms with Gasteiger partial charge in [0.25, 0.3) is 0 Å². The van der Waals surface area contributed by atoms with Gasteiger partial charge in [0.2, 0.25) is 5.91 Å². The highest BCUT2D eigenvalue weighted by Gasteiger charge is 2.16. The Morgan fingerprint density at radius 3 is 2.65 bits per heavy atom. The summed E-state index contributed by atoms with van der Waals surface area (Å²) in [5.41, 5.74) is 0.834. The summed E-state index contributed by atoms with van der Waals surface area (Å²) >= 11 is 0. The summed E-state index contributed by atoms with van der Waals surface area (Å²) in [7, 11) is 0. The molecule has 0 aliphatic carbocycles. The Bertz CT molecular complexity index is 445. The first-order valence-corrected chi connectivity index (χ1v) is 6.87. The lowest BCUT2D eigenvalue weighted by molar-refractivity contribution is -0.144. The third kappa shape index (κ3) is 4.99. The molecule has 0 saturated heterocycles. The number of carbonyl (C=O) groups excluding carboxylic acids is 2. The second-order valence-electron chi connectivity index (χ2n) is 4.47. The highest BCUT2D eigenvalue weighted by atomic mass is 16.5. The fourth-order valence-electron chi connectivity index (χ4n) is 1.78. The van der Waals surface area contributed by atoms with E-state index < -0.39 is 0 Å². The van der Waals surface area contributed by atoms with Crippen molar-refractivity contribution in [2.24, 2.45) is 0 Å². The van der Waals surface area contributed by atoms with E-state index in [9.17, 15) is 9.59 Å². The molecule has 0 bridgehead atoms. The summed E-state index contributed by atoms with van der Waals surface area (Å²) < 4.78 is 6.42. The van der Waals surface area contributed by atoms with Crippen LogP contribution in [-0.4, -0.2) is 51.5 Å². The van der Waals surface area contributed by atoms with Crippen molar-refractivity contribution >= 4 is 11.9 Å². The van der Waals surface area contributed by atoms with Gasteiger partial charge in [-0.1, -0.05) is 12.1 Å².